The second-order valence-corrected chi connectivity index (χ2v) is 6.69. The largest absolute Gasteiger partial charge is 0.403 e. The highest BCUT2D eigenvalue weighted by atomic mass is 35.5. The molecule has 1 N–H and O–H groups in total. The van der Waals surface area contributed by atoms with Gasteiger partial charge in [-0.1, -0.05) is 29.8 Å². The van der Waals surface area contributed by atoms with Crippen molar-refractivity contribution in [2.75, 3.05) is 5.32 Å². The van der Waals surface area contributed by atoms with Crippen LogP contribution in [-0.4, -0.2) is 15.8 Å². The molecule has 1 aromatic heterocycles. The lowest BCUT2D eigenvalue weighted by molar-refractivity contribution is -0.384. The minimum atomic E-state index is -0.660. The molecule has 30 heavy (non-hydrogen) atoms. The Kier molecular flexibility index (Phi) is 4.99. The maximum Gasteiger partial charge on any atom is 0.347 e. The molecule has 0 bridgehead atoms. The Morgan fingerprint density at radius 3 is 2.67 bits per heavy atom. The molecule has 9 heteroatoms. The molecule has 148 valence electrons. The molecule has 0 saturated carbocycles. The van der Waals surface area contributed by atoms with Crippen molar-refractivity contribution in [2.24, 2.45) is 0 Å². The maximum absolute atomic E-state index is 12.5. The van der Waals surface area contributed by atoms with E-state index in [1.54, 1.807) is 48.5 Å². The number of fused-ring (bicyclic) bond motifs is 1. The van der Waals surface area contributed by atoms with Crippen LogP contribution in [0.15, 0.2) is 75.9 Å². The summed E-state index contributed by atoms with van der Waals surface area (Å²) in [7, 11) is 0. The number of halogens is 1. The van der Waals surface area contributed by atoms with Crippen LogP contribution in [0.3, 0.4) is 0 Å². The highest BCUT2D eigenvalue weighted by Crippen LogP contribution is 2.26. The Labute approximate surface area is 173 Å². The number of hydrogen-bond donors (Lipinski definition) is 1. The molecule has 0 aliphatic rings. The highest BCUT2D eigenvalue weighted by Gasteiger charge is 2.17. The normalized spacial score (nSPS) is 10.7. The van der Waals surface area contributed by atoms with Crippen molar-refractivity contribution in [1.29, 1.82) is 0 Å². The first kappa shape index (κ1) is 19.3. The molecule has 1 heterocycles. The number of nitrogens with zero attached hydrogens (tertiary/aromatic N) is 2. The van der Waals surface area contributed by atoms with Gasteiger partial charge >= 0.3 is 5.63 Å². The molecule has 0 spiro atoms. The summed E-state index contributed by atoms with van der Waals surface area (Å²) in [6, 6.07) is 17.2. The number of anilines is 1. The molecule has 8 nitrogen and oxygen atoms in total. The van der Waals surface area contributed by atoms with Crippen molar-refractivity contribution in [3.05, 3.63) is 97.9 Å². The fraction of sp³-hybridized carbons (Fsp3) is 0. The van der Waals surface area contributed by atoms with Crippen molar-refractivity contribution in [3.63, 3.8) is 0 Å². The quantitative estimate of drug-likeness (QED) is 0.378. The first-order valence-electron chi connectivity index (χ1n) is 8.68. The fourth-order valence-electron chi connectivity index (χ4n) is 2.87. The first-order chi connectivity index (χ1) is 14.4. The number of benzene rings is 3. The Hall–Kier alpha value is -4.04. The smallest absolute Gasteiger partial charge is 0.347 e. The van der Waals surface area contributed by atoms with Gasteiger partial charge in [-0.2, -0.15) is 0 Å². The van der Waals surface area contributed by atoms with Crippen molar-refractivity contribution in [1.82, 2.24) is 4.98 Å². The van der Waals surface area contributed by atoms with Crippen LogP contribution in [0.4, 0.5) is 11.4 Å². The molecule has 0 aliphatic heterocycles. The molecule has 4 rings (SSSR count). The molecule has 0 saturated heterocycles. The van der Waals surface area contributed by atoms with Gasteiger partial charge in [-0.25, -0.2) is 9.78 Å². The van der Waals surface area contributed by atoms with E-state index in [9.17, 15) is 19.7 Å². The van der Waals surface area contributed by atoms with Crippen LogP contribution < -0.4 is 10.9 Å². The lowest BCUT2D eigenvalue weighted by Gasteiger charge is -2.08. The van der Waals surface area contributed by atoms with E-state index < -0.39 is 16.5 Å². The van der Waals surface area contributed by atoms with Gasteiger partial charge in [0.05, 0.1) is 15.8 Å². The number of para-hydroxylation sites is 1. The van der Waals surface area contributed by atoms with E-state index in [2.05, 4.69) is 10.3 Å². The molecule has 1 amide bonds. The summed E-state index contributed by atoms with van der Waals surface area (Å²) in [5, 5.41) is 14.0. The first-order valence-corrected chi connectivity index (χ1v) is 9.06. The number of nitro benzene ring substituents is 1. The van der Waals surface area contributed by atoms with Crippen molar-refractivity contribution < 1.29 is 14.1 Å². The summed E-state index contributed by atoms with van der Waals surface area (Å²) in [6.45, 7) is 0. The van der Waals surface area contributed by atoms with E-state index in [0.717, 1.165) is 6.07 Å². The zero-order valence-corrected chi connectivity index (χ0v) is 15.9. The van der Waals surface area contributed by atoms with Crippen molar-refractivity contribution in [3.8, 4) is 11.5 Å². The third-order valence-corrected chi connectivity index (χ3v) is 4.63. The topological polar surface area (TPSA) is 115 Å². The van der Waals surface area contributed by atoms with Crippen LogP contribution in [0.25, 0.3) is 22.4 Å². The Morgan fingerprint density at radius 2 is 1.87 bits per heavy atom. The van der Waals surface area contributed by atoms with Crippen LogP contribution >= 0.6 is 11.6 Å². The van der Waals surface area contributed by atoms with Gasteiger partial charge in [0, 0.05) is 22.9 Å². The second-order valence-electron chi connectivity index (χ2n) is 6.28. The van der Waals surface area contributed by atoms with Crippen LogP contribution in [0.1, 0.15) is 10.4 Å². The molecule has 0 fully saturated rings. The summed E-state index contributed by atoms with van der Waals surface area (Å²) in [6.07, 6.45) is 0. The number of hydrogen-bond acceptors (Lipinski definition) is 6. The summed E-state index contributed by atoms with van der Waals surface area (Å²) < 4.78 is 5.31. The average molecular weight is 422 g/mol. The highest BCUT2D eigenvalue weighted by molar-refractivity contribution is 6.32. The minimum Gasteiger partial charge on any atom is -0.403 e. The average Bonchev–Trinajstić information content (AvgIpc) is 2.74. The predicted octanol–water partition coefficient (Wildman–Crippen LogP) is 4.67. The van der Waals surface area contributed by atoms with Crippen LogP contribution in [-0.2, 0) is 0 Å². The van der Waals surface area contributed by atoms with Gasteiger partial charge in [0.1, 0.15) is 5.02 Å². The van der Waals surface area contributed by atoms with Gasteiger partial charge in [-0.3, -0.25) is 14.9 Å². The molecule has 4 aromatic rings. The number of nitro groups is 1. The van der Waals surface area contributed by atoms with E-state index >= 15 is 0 Å². The van der Waals surface area contributed by atoms with Crippen LogP contribution in [0, 0.1) is 10.1 Å². The Bertz CT molecular complexity index is 1370. The van der Waals surface area contributed by atoms with E-state index in [4.69, 9.17) is 16.0 Å². The van der Waals surface area contributed by atoms with E-state index in [0.29, 0.717) is 22.2 Å². The molecule has 0 aliphatic carbocycles. The van der Waals surface area contributed by atoms with E-state index in [-0.39, 0.29) is 22.2 Å². The molecular weight excluding hydrogens is 410 g/mol. The monoisotopic (exact) mass is 421 g/mol. The lowest BCUT2D eigenvalue weighted by Crippen LogP contribution is -2.12. The summed E-state index contributed by atoms with van der Waals surface area (Å²) in [5.74, 6) is -0.447. The zero-order chi connectivity index (χ0) is 21.3. The van der Waals surface area contributed by atoms with Gasteiger partial charge in [0.25, 0.3) is 11.6 Å². The SMILES string of the molecule is O=C(Nc1cccc(-c2nc3ccccc3c(=O)o2)c1)c1ccc(Cl)c([N+](=O)[O-])c1. The molecular formula is C21H12ClN3O5. The third-order valence-electron chi connectivity index (χ3n) is 4.31. The van der Waals surface area contributed by atoms with Gasteiger partial charge in [0.2, 0.25) is 5.89 Å². The standard InChI is InChI=1S/C21H12ClN3O5/c22-16-9-8-12(11-18(16)25(28)29)19(26)23-14-5-3-4-13(10-14)20-24-17-7-2-1-6-15(17)21(27)30-20/h1-11H,(H,23,26). The maximum atomic E-state index is 12.5. The number of aromatic nitrogens is 1. The third kappa shape index (κ3) is 3.76. The van der Waals surface area contributed by atoms with Gasteiger partial charge < -0.3 is 9.73 Å². The number of carbonyl (C=O) groups is 1. The fourth-order valence-corrected chi connectivity index (χ4v) is 3.06. The molecule has 0 radical (unpaired) electrons. The van der Waals surface area contributed by atoms with E-state index in [1.165, 1.54) is 12.1 Å². The number of carbonyl (C=O) groups excluding carboxylic acids is 1. The second kappa shape index (κ2) is 7.76. The number of nitrogens with one attached hydrogen (secondary N) is 1. The zero-order valence-electron chi connectivity index (χ0n) is 15.2. The summed E-state index contributed by atoms with van der Waals surface area (Å²) >= 11 is 5.78. The minimum absolute atomic E-state index is 0.0593. The predicted molar refractivity (Wildman–Crippen MR) is 112 cm³/mol. The Morgan fingerprint density at radius 1 is 1.07 bits per heavy atom. The number of rotatable bonds is 4. The van der Waals surface area contributed by atoms with Crippen molar-refractivity contribution >= 4 is 39.8 Å². The number of amides is 1. The van der Waals surface area contributed by atoms with E-state index in [1.807, 2.05) is 0 Å². The molecule has 0 atom stereocenters. The van der Waals surface area contributed by atoms with Gasteiger partial charge in [0.15, 0.2) is 0 Å². The van der Waals surface area contributed by atoms with Crippen LogP contribution in [0.2, 0.25) is 5.02 Å². The summed E-state index contributed by atoms with van der Waals surface area (Å²) in [5.41, 5.74) is 0.572. The van der Waals surface area contributed by atoms with Crippen LogP contribution in [0.5, 0.6) is 0 Å². The van der Waals surface area contributed by atoms with Crippen molar-refractivity contribution in [2.45, 2.75) is 0 Å². The van der Waals surface area contributed by atoms with Gasteiger partial charge in [-0.15, -0.1) is 0 Å². The molecule has 3 aromatic carbocycles. The van der Waals surface area contributed by atoms with Gasteiger partial charge in [-0.05, 0) is 42.5 Å². The lowest BCUT2D eigenvalue weighted by atomic mass is 10.1. The summed E-state index contributed by atoms with van der Waals surface area (Å²) in [4.78, 5) is 39.4. The molecule has 0 unspecified atom stereocenters. The Balaban J connectivity index is 1.65.